The third-order valence-electron chi connectivity index (χ3n) is 4.08. The van der Waals surface area contributed by atoms with Gasteiger partial charge in [0.25, 0.3) is 0 Å². The quantitative estimate of drug-likeness (QED) is 0.841. The van der Waals surface area contributed by atoms with E-state index in [1.807, 2.05) is 0 Å². The average molecular weight is 280 g/mol. The molecule has 1 unspecified atom stereocenters. The second-order valence-corrected chi connectivity index (χ2v) is 6.36. The van der Waals surface area contributed by atoms with Crippen molar-refractivity contribution in [3.8, 4) is 0 Å². The van der Waals surface area contributed by atoms with Crippen LogP contribution in [0.25, 0.3) is 0 Å². The van der Waals surface area contributed by atoms with Gasteiger partial charge in [0.2, 0.25) is 5.91 Å². The number of aryl methyl sites for hydroxylation is 1. The van der Waals surface area contributed by atoms with Crippen LogP contribution in [0.4, 0.5) is 0 Å². The van der Waals surface area contributed by atoms with E-state index in [0.29, 0.717) is 6.54 Å². The van der Waals surface area contributed by atoms with Crippen LogP contribution in [0, 0.1) is 5.41 Å². The molecular formula is C15H24N2OS. The van der Waals surface area contributed by atoms with Crippen LogP contribution < -0.4 is 10.6 Å². The van der Waals surface area contributed by atoms with Crippen LogP contribution in [-0.2, 0) is 17.8 Å². The minimum atomic E-state index is -0.168. The fraction of sp³-hybridized carbons (Fsp3) is 0.667. The van der Waals surface area contributed by atoms with E-state index in [1.54, 1.807) is 11.3 Å². The van der Waals surface area contributed by atoms with Crippen molar-refractivity contribution in [1.82, 2.24) is 10.6 Å². The Morgan fingerprint density at radius 3 is 3.00 bits per heavy atom. The molecule has 2 heterocycles. The summed E-state index contributed by atoms with van der Waals surface area (Å²) < 4.78 is 0. The minimum Gasteiger partial charge on any atom is -0.351 e. The van der Waals surface area contributed by atoms with Crippen molar-refractivity contribution in [1.29, 1.82) is 0 Å². The van der Waals surface area contributed by atoms with E-state index in [-0.39, 0.29) is 11.3 Å². The summed E-state index contributed by atoms with van der Waals surface area (Å²) in [6, 6.07) is 2.16. The Hall–Kier alpha value is -0.870. The normalized spacial score (nSPS) is 22.6. The summed E-state index contributed by atoms with van der Waals surface area (Å²) in [7, 11) is 0. The lowest BCUT2D eigenvalue weighted by Crippen LogP contribution is -2.42. The highest BCUT2D eigenvalue weighted by Crippen LogP contribution is 2.31. The topological polar surface area (TPSA) is 41.1 Å². The maximum atomic E-state index is 12.5. The molecule has 1 aromatic heterocycles. The smallest absolute Gasteiger partial charge is 0.227 e. The Labute approximate surface area is 119 Å². The molecule has 1 fully saturated rings. The Balaban J connectivity index is 1.96. The highest BCUT2D eigenvalue weighted by molar-refractivity contribution is 7.10. The molecular weight excluding hydrogens is 256 g/mol. The first-order valence-electron chi connectivity index (χ1n) is 7.26. The maximum Gasteiger partial charge on any atom is 0.227 e. The third kappa shape index (κ3) is 3.18. The van der Waals surface area contributed by atoms with Crippen LogP contribution in [0.2, 0.25) is 0 Å². The maximum absolute atomic E-state index is 12.5. The molecule has 1 aromatic rings. The molecule has 0 radical (unpaired) electrons. The lowest BCUT2D eigenvalue weighted by Gasteiger charge is -2.26. The van der Waals surface area contributed by atoms with Gasteiger partial charge in [0.05, 0.1) is 12.0 Å². The van der Waals surface area contributed by atoms with E-state index >= 15 is 0 Å². The largest absolute Gasteiger partial charge is 0.351 e. The van der Waals surface area contributed by atoms with Gasteiger partial charge in [0.1, 0.15) is 0 Å². The van der Waals surface area contributed by atoms with Gasteiger partial charge in [-0.1, -0.05) is 20.3 Å². The molecule has 0 spiro atoms. The fourth-order valence-electron chi connectivity index (χ4n) is 2.93. The van der Waals surface area contributed by atoms with Crippen molar-refractivity contribution >= 4 is 17.2 Å². The number of carbonyl (C=O) groups excluding carboxylic acids is 1. The number of nitrogens with one attached hydrogen (secondary N) is 2. The van der Waals surface area contributed by atoms with Gasteiger partial charge in [0, 0.05) is 11.4 Å². The first-order valence-corrected chi connectivity index (χ1v) is 8.14. The molecule has 1 saturated heterocycles. The molecule has 1 aliphatic heterocycles. The predicted octanol–water partition coefficient (Wildman–Crippen LogP) is 2.71. The van der Waals surface area contributed by atoms with Crippen LogP contribution in [0.15, 0.2) is 11.4 Å². The van der Waals surface area contributed by atoms with Crippen LogP contribution in [-0.4, -0.2) is 19.0 Å². The molecule has 19 heavy (non-hydrogen) atoms. The summed E-state index contributed by atoms with van der Waals surface area (Å²) in [5.41, 5.74) is 1.19. The van der Waals surface area contributed by atoms with Crippen molar-refractivity contribution in [3.05, 3.63) is 21.9 Å². The lowest BCUT2D eigenvalue weighted by atomic mass is 9.81. The summed E-state index contributed by atoms with van der Waals surface area (Å²) in [4.78, 5) is 13.8. The molecule has 0 aliphatic carbocycles. The van der Waals surface area contributed by atoms with Gasteiger partial charge in [-0.2, -0.15) is 0 Å². The molecule has 0 bridgehead atoms. The molecule has 2 rings (SSSR count). The summed E-state index contributed by atoms with van der Waals surface area (Å²) in [6.07, 6.45) is 4.05. The zero-order valence-corrected chi connectivity index (χ0v) is 12.7. The van der Waals surface area contributed by atoms with Gasteiger partial charge in [-0.25, -0.2) is 0 Å². The van der Waals surface area contributed by atoms with Crippen LogP contribution in [0.3, 0.4) is 0 Å². The minimum absolute atomic E-state index is 0.168. The van der Waals surface area contributed by atoms with Gasteiger partial charge in [-0.15, -0.1) is 11.3 Å². The fourth-order valence-corrected chi connectivity index (χ4v) is 3.84. The second kappa shape index (κ2) is 6.53. The van der Waals surface area contributed by atoms with Crippen LogP contribution in [0.1, 0.15) is 43.6 Å². The van der Waals surface area contributed by atoms with Crippen molar-refractivity contribution < 1.29 is 4.79 Å². The molecule has 1 amide bonds. The summed E-state index contributed by atoms with van der Waals surface area (Å²) in [5, 5.41) is 8.61. The number of rotatable bonds is 6. The Kier molecular flexibility index (Phi) is 4.99. The van der Waals surface area contributed by atoms with Gasteiger partial charge in [0.15, 0.2) is 0 Å². The zero-order chi connectivity index (χ0) is 13.7. The molecule has 3 nitrogen and oxygen atoms in total. The third-order valence-corrected chi connectivity index (χ3v) is 5.05. The van der Waals surface area contributed by atoms with E-state index in [0.717, 1.165) is 38.8 Å². The highest BCUT2D eigenvalue weighted by atomic mass is 32.1. The van der Waals surface area contributed by atoms with E-state index in [4.69, 9.17) is 0 Å². The SMILES string of the molecule is CCCC1(C(=O)NCc2sccc2CC)CCNC1. The summed E-state index contributed by atoms with van der Waals surface area (Å²) in [5.74, 6) is 0.231. The zero-order valence-electron chi connectivity index (χ0n) is 11.9. The van der Waals surface area contributed by atoms with Gasteiger partial charge < -0.3 is 10.6 Å². The Morgan fingerprint density at radius 1 is 1.53 bits per heavy atom. The Morgan fingerprint density at radius 2 is 2.37 bits per heavy atom. The van der Waals surface area contributed by atoms with E-state index in [9.17, 15) is 4.79 Å². The number of hydrogen-bond acceptors (Lipinski definition) is 3. The number of hydrogen-bond donors (Lipinski definition) is 2. The summed E-state index contributed by atoms with van der Waals surface area (Å²) in [6.45, 7) is 6.80. The number of thiophene rings is 1. The van der Waals surface area contributed by atoms with Gasteiger partial charge in [-0.05, 0) is 42.8 Å². The Bertz CT molecular complexity index is 422. The van der Waals surface area contributed by atoms with Gasteiger partial charge >= 0.3 is 0 Å². The highest BCUT2D eigenvalue weighted by Gasteiger charge is 2.39. The molecule has 1 aliphatic rings. The standard InChI is InChI=1S/C15H24N2OS/c1-3-6-15(7-8-16-11-15)14(18)17-10-13-12(4-2)5-9-19-13/h5,9,16H,3-4,6-8,10-11H2,1-2H3,(H,17,18). The second-order valence-electron chi connectivity index (χ2n) is 5.36. The van der Waals surface area contributed by atoms with Crippen LogP contribution >= 0.6 is 11.3 Å². The van der Waals surface area contributed by atoms with Crippen molar-refractivity contribution in [2.24, 2.45) is 5.41 Å². The van der Waals surface area contributed by atoms with Crippen molar-refractivity contribution in [3.63, 3.8) is 0 Å². The molecule has 4 heteroatoms. The first kappa shape index (κ1) is 14.5. The summed E-state index contributed by atoms with van der Waals surface area (Å²) >= 11 is 1.74. The van der Waals surface area contributed by atoms with E-state index in [2.05, 4.69) is 35.9 Å². The molecule has 106 valence electrons. The molecule has 0 saturated carbocycles. The molecule has 1 atom stereocenters. The van der Waals surface area contributed by atoms with Gasteiger partial charge in [-0.3, -0.25) is 4.79 Å². The molecule has 2 N–H and O–H groups in total. The molecule has 0 aromatic carbocycles. The predicted molar refractivity (Wildman–Crippen MR) is 80.4 cm³/mol. The average Bonchev–Trinajstić information content (AvgIpc) is 3.05. The lowest BCUT2D eigenvalue weighted by molar-refractivity contribution is -0.130. The van der Waals surface area contributed by atoms with E-state index < -0.39 is 0 Å². The van der Waals surface area contributed by atoms with Crippen molar-refractivity contribution in [2.75, 3.05) is 13.1 Å². The van der Waals surface area contributed by atoms with Crippen LogP contribution in [0.5, 0.6) is 0 Å². The van der Waals surface area contributed by atoms with E-state index in [1.165, 1.54) is 10.4 Å². The number of carbonyl (C=O) groups is 1. The first-order chi connectivity index (χ1) is 9.22. The monoisotopic (exact) mass is 280 g/mol. The number of amides is 1. The van der Waals surface area contributed by atoms with Crippen molar-refractivity contribution in [2.45, 2.75) is 46.1 Å².